The Hall–Kier alpha value is -1.82. The van der Waals surface area contributed by atoms with Gasteiger partial charge in [-0.15, -0.1) is 0 Å². The van der Waals surface area contributed by atoms with Crippen LogP contribution in [0.25, 0.3) is 0 Å². The predicted molar refractivity (Wildman–Crippen MR) is 59.3 cm³/mol. The third-order valence-electron chi connectivity index (χ3n) is 2.55. The molecule has 82 valence electrons. The van der Waals surface area contributed by atoms with Gasteiger partial charge in [-0.05, 0) is 25.0 Å². The highest BCUT2D eigenvalue weighted by atomic mass is 19.1. The summed E-state index contributed by atoms with van der Waals surface area (Å²) in [5, 5.41) is 0. The lowest BCUT2D eigenvalue weighted by Gasteiger charge is -2.05. The van der Waals surface area contributed by atoms with E-state index in [1.165, 1.54) is 12.1 Å². The van der Waals surface area contributed by atoms with Crippen LogP contribution in [-0.4, -0.2) is 23.8 Å². The lowest BCUT2D eigenvalue weighted by Crippen LogP contribution is -2.12. The monoisotopic (exact) mass is 217 g/mol. The molecule has 1 aromatic rings. The molecule has 1 aliphatic heterocycles. The summed E-state index contributed by atoms with van der Waals surface area (Å²) in [7, 11) is 0. The average Bonchev–Trinajstić information content (AvgIpc) is 2.79. The average molecular weight is 217 g/mol. The normalized spacial score (nSPS) is 14.4. The lowest BCUT2D eigenvalue weighted by atomic mass is 10.1. The zero-order chi connectivity index (χ0) is 11.4. The van der Waals surface area contributed by atoms with Gasteiger partial charge in [0.1, 0.15) is 5.82 Å². The number of halogens is 1. The van der Waals surface area contributed by atoms with E-state index < -0.39 is 11.6 Å². The van der Waals surface area contributed by atoms with Crippen LogP contribution in [-0.2, 0) is 0 Å². The molecule has 1 fully saturated rings. The quantitative estimate of drug-likeness (QED) is 0.530. The molecule has 2 rings (SSSR count). The van der Waals surface area contributed by atoms with Gasteiger partial charge in [0.25, 0.3) is 0 Å². The molecule has 3 heteroatoms. The molecule has 0 radical (unpaired) electrons. The number of carbonyl (C=O) groups excluding carboxylic acids is 1. The maximum Gasteiger partial charge on any atom is 0.240 e. The molecule has 0 atom stereocenters. The van der Waals surface area contributed by atoms with Crippen LogP contribution in [0.4, 0.5) is 4.39 Å². The molecule has 0 bridgehead atoms. The first-order valence-electron chi connectivity index (χ1n) is 5.33. The second-order valence-corrected chi connectivity index (χ2v) is 3.74. The van der Waals surface area contributed by atoms with E-state index in [1.807, 2.05) is 4.90 Å². The van der Waals surface area contributed by atoms with E-state index in [0.717, 1.165) is 25.9 Å². The molecule has 2 nitrogen and oxygen atoms in total. The van der Waals surface area contributed by atoms with Crippen molar-refractivity contribution in [2.45, 2.75) is 12.8 Å². The zero-order valence-electron chi connectivity index (χ0n) is 8.87. The molecule has 1 aliphatic rings. The number of hydrogen-bond acceptors (Lipinski definition) is 2. The summed E-state index contributed by atoms with van der Waals surface area (Å²) in [5.74, 6) is 1.51. The fourth-order valence-electron chi connectivity index (χ4n) is 1.67. The smallest absolute Gasteiger partial charge is 0.240 e. The standard InChI is InChI=1S/C13H12FNO/c14-12-6-2-1-5-11(12)13(16)7-10-15-8-3-4-9-15/h1-2,5-6H,3-4,8-9H2. The molecule has 1 heterocycles. The molecule has 0 amide bonds. The molecule has 0 saturated carbocycles. The fourth-order valence-corrected chi connectivity index (χ4v) is 1.67. The van der Waals surface area contributed by atoms with E-state index in [-0.39, 0.29) is 5.56 Å². The minimum absolute atomic E-state index is 0.0502. The summed E-state index contributed by atoms with van der Waals surface area (Å²) in [5.41, 5.74) is 0.0502. The molecule has 0 aliphatic carbocycles. The lowest BCUT2D eigenvalue weighted by molar-refractivity contribution is 0.105. The minimum Gasteiger partial charge on any atom is -0.332 e. The van der Waals surface area contributed by atoms with Crippen molar-refractivity contribution in [1.82, 2.24) is 4.90 Å². The van der Waals surface area contributed by atoms with Crippen molar-refractivity contribution in [3.05, 3.63) is 35.6 Å². The van der Waals surface area contributed by atoms with Crippen LogP contribution in [0.5, 0.6) is 0 Å². The van der Waals surface area contributed by atoms with Crippen molar-refractivity contribution in [3.63, 3.8) is 0 Å². The number of Topliss-reactive ketones (excluding diaryl/α,β-unsaturated/α-hetero) is 1. The van der Waals surface area contributed by atoms with Crippen molar-refractivity contribution < 1.29 is 9.18 Å². The maximum atomic E-state index is 13.2. The van der Waals surface area contributed by atoms with Gasteiger partial charge >= 0.3 is 0 Å². The van der Waals surface area contributed by atoms with Crippen LogP contribution in [0, 0.1) is 17.8 Å². The van der Waals surface area contributed by atoms with Crippen LogP contribution in [0.1, 0.15) is 23.2 Å². The number of rotatable bonds is 1. The highest BCUT2D eigenvalue weighted by molar-refractivity contribution is 6.09. The van der Waals surface area contributed by atoms with E-state index in [9.17, 15) is 9.18 Å². The fraction of sp³-hybridized carbons (Fsp3) is 0.308. The first kappa shape index (κ1) is 10.7. The Kier molecular flexibility index (Phi) is 3.21. The van der Waals surface area contributed by atoms with Gasteiger partial charge in [0.05, 0.1) is 5.56 Å². The molecule has 0 aromatic heterocycles. The van der Waals surface area contributed by atoms with Crippen LogP contribution < -0.4 is 0 Å². The summed E-state index contributed by atoms with van der Waals surface area (Å²) >= 11 is 0. The van der Waals surface area contributed by atoms with Gasteiger partial charge in [0.2, 0.25) is 5.78 Å². The van der Waals surface area contributed by atoms with Gasteiger partial charge in [-0.25, -0.2) is 4.39 Å². The Morgan fingerprint density at radius 1 is 1.25 bits per heavy atom. The van der Waals surface area contributed by atoms with Crippen molar-refractivity contribution in [2.75, 3.05) is 13.1 Å². The topological polar surface area (TPSA) is 20.3 Å². The SMILES string of the molecule is O=C(C#CN1CCCC1)c1ccccc1F. The predicted octanol–water partition coefficient (Wildman–Crippen LogP) is 2.07. The molecule has 0 N–H and O–H groups in total. The maximum absolute atomic E-state index is 13.2. The Morgan fingerprint density at radius 2 is 1.94 bits per heavy atom. The van der Waals surface area contributed by atoms with Gasteiger partial charge in [-0.3, -0.25) is 4.79 Å². The second-order valence-electron chi connectivity index (χ2n) is 3.74. The second kappa shape index (κ2) is 4.80. The molecule has 0 unspecified atom stereocenters. The van der Waals surface area contributed by atoms with E-state index >= 15 is 0 Å². The van der Waals surface area contributed by atoms with E-state index in [1.54, 1.807) is 12.1 Å². The molecule has 0 spiro atoms. The van der Waals surface area contributed by atoms with Crippen molar-refractivity contribution in [2.24, 2.45) is 0 Å². The highest BCUT2D eigenvalue weighted by Crippen LogP contribution is 2.07. The van der Waals surface area contributed by atoms with Gasteiger partial charge < -0.3 is 4.90 Å². The third-order valence-corrected chi connectivity index (χ3v) is 2.55. The zero-order valence-corrected chi connectivity index (χ0v) is 8.87. The number of hydrogen-bond donors (Lipinski definition) is 0. The summed E-state index contributed by atoms with van der Waals surface area (Å²) in [6.07, 6.45) is 2.23. The number of nitrogens with zero attached hydrogens (tertiary/aromatic N) is 1. The minimum atomic E-state index is -0.511. The van der Waals surface area contributed by atoms with E-state index in [4.69, 9.17) is 0 Å². The van der Waals surface area contributed by atoms with Gasteiger partial charge in [0, 0.05) is 25.1 Å². The third kappa shape index (κ3) is 2.40. The Bertz CT molecular complexity index is 452. The van der Waals surface area contributed by atoms with Crippen LogP contribution in [0.3, 0.4) is 0 Å². The number of ketones is 1. The summed E-state index contributed by atoms with van der Waals surface area (Å²) in [6.45, 7) is 1.80. The van der Waals surface area contributed by atoms with Crippen LogP contribution in [0.2, 0.25) is 0 Å². The van der Waals surface area contributed by atoms with Crippen molar-refractivity contribution in [1.29, 1.82) is 0 Å². The van der Waals surface area contributed by atoms with Gasteiger partial charge in [-0.2, -0.15) is 0 Å². The van der Waals surface area contributed by atoms with Gasteiger partial charge in [0.15, 0.2) is 0 Å². The first-order valence-corrected chi connectivity index (χ1v) is 5.33. The van der Waals surface area contributed by atoms with E-state index in [0.29, 0.717) is 0 Å². The van der Waals surface area contributed by atoms with Crippen molar-refractivity contribution >= 4 is 5.78 Å². The largest absolute Gasteiger partial charge is 0.332 e. The molecular formula is C13H12FNO. The van der Waals surface area contributed by atoms with Crippen LogP contribution in [0.15, 0.2) is 24.3 Å². The summed E-state index contributed by atoms with van der Waals surface area (Å²) < 4.78 is 13.2. The van der Waals surface area contributed by atoms with Crippen LogP contribution >= 0.6 is 0 Å². The number of carbonyl (C=O) groups is 1. The van der Waals surface area contributed by atoms with Gasteiger partial charge in [-0.1, -0.05) is 12.1 Å². The number of benzene rings is 1. The Balaban J connectivity index is 2.11. The molecule has 16 heavy (non-hydrogen) atoms. The molecule has 1 saturated heterocycles. The van der Waals surface area contributed by atoms with Crippen molar-refractivity contribution in [3.8, 4) is 12.0 Å². The summed E-state index contributed by atoms with van der Waals surface area (Å²) in [6, 6.07) is 8.69. The number of likely N-dealkylation sites (tertiary alicyclic amines) is 1. The first-order chi connectivity index (χ1) is 7.77. The molecular weight excluding hydrogens is 205 g/mol. The molecule has 1 aromatic carbocycles. The Morgan fingerprint density at radius 3 is 2.62 bits per heavy atom. The highest BCUT2D eigenvalue weighted by Gasteiger charge is 2.10. The van der Waals surface area contributed by atoms with E-state index in [2.05, 4.69) is 12.0 Å². The Labute approximate surface area is 94.1 Å². The summed E-state index contributed by atoms with van der Waals surface area (Å²) in [4.78, 5) is 13.5.